The molecule has 1 aromatic heterocycles. The zero-order valence-corrected chi connectivity index (χ0v) is 14.2. The van der Waals surface area contributed by atoms with E-state index in [0.717, 1.165) is 25.4 Å². The van der Waals surface area contributed by atoms with Gasteiger partial charge in [-0.3, -0.25) is 4.90 Å². The van der Waals surface area contributed by atoms with Gasteiger partial charge in [-0.25, -0.2) is 4.98 Å². The highest BCUT2D eigenvalue weighted by atomic mass is 15.2. The highest BCUT2D eigenvalue weighted by molar-refractivity contribution is 4.94. The molecule has 3 atom stereocenters. The highest BCUT2D eigenvalue weighted by Crippen LogP contribution is 2.18. The number of rotatable bonds is 7. The molecule has 21 heavy (non-hydrogen) atoms. The fraction of sp³-hybridized carbons (Fsp3) is 0.824. The summed E-state index contributed by atoms with van der Waals surface area (Å²) in [5, 5.41) is 3.78. The minimum atomic E-state index is 0.643. The molecule has 0 spiro atoms. The SMILES string of the molecule is CCCC1CNC(C(C)CC)CN1CCc1nccn1C. The number of nitrogens with one attached hydrogen (secondary N) is 1. The Morgan fingerprint density at radius 1 is 1.43 bits per heavy atom. The van der Waals surface area contributed by atoms with E-state index in [9.17, 15) is 0 Å². The number of aromatic nitrogens is 2. The summed E-state index contributed by atoms with van der Waals surface area (Å²) >= 11 is 0. The molecule has 4 nitrogen and oxygen atoms in total. The van der Waals surface area contributed by atoms with Gasteiger partial charge in [0, 0.05) is 57.6 Å². The van der Waals surface area contributed by atoms with E-state index in [1.54, 1.807) is 0 Å². The number of piperazine rings is 1. The Bertz CT molecular complexity index is 415. The van der Waals surface area contributed by atoms with Gasteiger partial charge in [-0.2, -0.15) is 0 Å². The minimum Gasteiger partial charge on any atom is -0.338 e. The third-order valence-electron chi connectivity index (χ3n) is 5.06. The van der Waals surface area contributed by atoms with Crippen LogP contribution in [0.5, 0.6) is 0 Å². The van der Waals surface area contributed by atoms with E-state index >= 15 is 0 Å². The summed E-state index contributed by atoms with van der Waals surface area (Å²) in [6.45, 7) is 10.4. The summed E-state index contributed by atoms with van der Waals surface area (Å²) in [4.78, 5) is 7.16. The Hall–Kier alpha value is -0.870. The van der Waals surface area contributed by atoms with Gasteiger partial charge in [-0.1, -0.05) is 33.6 Å². The monoisotopic (exact) mass is 292 g/mol. The first-order valence-electron chi connectivity index (χ1n) is 8.59. The topological polar surface area (TPSA) is 33.1 Å². The predicted octanol–water partition coefficient (Wildman–Crippen LogP) is 2.45. The lowest BCUT2D eigenvalue weighted by Gasteiger charge is -2.42. The third-order valence-corrected chi connectivity index (χ3v) is 5.06. The number of hydrogen-bond acceptors (Lipinski definition) is 3. The lowest BCUT2D eigenvalue weighted by Crippen LogP contribution is -2.58. The second-order valence-corrected chi connectivity index (χ2v) is 6.54. The second kappa shape index (κ2) is 7.95. The summed E-state index contributed by atoms with van der Waals surface area (Å²) in [5.74, 6) is 1.95. The van der Waals surface area contributed by atoms with Gasteiger partial charge < -0.3 is 9.88 Å². The van der Waals surface area contributed by atoms with Gasteiger partial charge in [0.25, 0.3) is 0 Å². The Labute approximate surface area is 129 Å². The van der Waals surface area contributed by atoms with E-state index in [-0.39, 0.29) is 0 Å². The molecule has 2 rings (SSSR count). The van der Waals surface area contributed by atoms with Crippen molar-refractivity contribution in [1.29, 1.82) is 0 Å². The molecule has 0 radical (unpaired) electrons. The van der Waals surface area contributed by atoms with Gasteiger partial charge >= 0.3 is 0 Å². The van der Waals surface area contributed by atoms with Crippen molar-refractivity contribution in [2.75, 3.05) is 19.6 Å². The van der Waals surface area contributed by atoms with Gasteiger partial charge in [0.1, 0.15) is 5.82 Å². The van der Waals surface area contributed by atoms with Crippen LogP contribution in [0.3, 0.4) is 0 Å². The van der Waals surface area contributed by atoms with Crippen molar-refractivity contribution >= 4 is 0 Å². The first-order chi connectivity index (χ1) is 10.2. The molecule has 3 unspecified atom stereocenters. The van der Waals surface area contributed by atoms with Crippen molar-refractivity contribution in [1.82, 2.24) is 19.8 Å². The van der Waals surface area contributed by atoms with Crippen molar-refractivity contribution in [3.8, 4) is 0 Å². The summed E-state index contributed by atoms with van der Waals surface area (Å²) in [7, 11) is 2.09. The largest absolute Gasteiger partial charge is 0.338 e. The number of nitrogens with zero attached hydrogens (tertiary/aromatic N) is 3. The zero-order chi connectivity index (χ0) is 15.2. The molecule has 0 aromatic carbocycles. The van der Waals surface area contributed by atoms with E-state index in [1.807, 2.05) is 12.4 Å². The molecule has 1 saturated heterocycles. The summed E-state index contributed by atoms with van der Waals surface area (Å²) in [5.41, 5.74) is 0. The maximum atomic E-state index is 4.46. The second-order valence-electron chi connectivity index (χ2n) is 6.54. The Kier molecular flexibility index (Phi) is 6.24. The van der Waals surface area contributed by atoms with Crippen LogP contribution in [0.1, 0.15) is 45.9 Å². The fourth-order valence-corrected chi connectivity index (χ4v) is 3.32. The Morgan fingerprint density at radius 2 is 2.24 bits per heavy atom. The van der Waals surface area contributed by atoms with Crippen LogP contribution in [-0.2, 0) is 13.5 Å². The Morgan fingerprint density at radius 3 is 2.86 bits per heavy atom. The standard InChI is InChI=1S/C17H32N4/c1-5-7-15-12-19-16(14(3)6-2)13-21(15)10-8-17-18-9-11-20(17)4/h9,11,14-16,19H,5-8,10,12-13H2,1-4H3. The predicted molar refractivity (Wildman–Crippen MR) is 88.4 cm³/mol. The van der Waals surface area contributed by atoms with Crippen molar-refractivity contribution in [2.45, 2.75) is 58.5 Å². The molecule has 0 aliphatic carbocycles. The zero-order valence-electron chi connectivity index (χ0n) is 14.2. The number of imidazole rings is 1. The van der Waals surface area contributed by atoms with Gasteiger partial charge in [-0.15, -0.1) is 0 Å². The molecular formula is C17H32N4. The number of aryl methyl sites for hydroxylation is 1. The van der Waals surface area contributed by atoms with Crippen LogP contribution < -0.4 is 5.32 Å². The molecule has 0 amide bonds. The van der Waals surface area contributed by atoms with Gasteiger partial charge in [-0.05, 0) is 12.3 Å². The van der Waals surface area contributed by atoms with Crippen molar-refractivity contribution in [2.24, 2.45) is 13.0 Å². The summed E-state index contributed by atoms with van der Waals surface area (Å²) in [6, 6.07) is 1.33. The van der Waals surface area contributed by atoms with Crippen LogP contribution >= 0.6 is 0 Å². The number of hydrogen-bond donors (Lipinski definition) is 1. The third kappa shape index (κ3) is 4.30. The van der Waals surface area contributed by atoms with Crippen molar-refractivity contribution < 1.29 is 0 Å². The molecular weight excluding hydrogens is 260 g/mol. The van der Waals surface area contributed by atoms with Gasteiger partial charge in [0.05, 0.1) is 0 Å². The highest BCUT2D eigenvalue weighted by Gasteiger charge is 2.29. The van der Waals surface area contributed by atoms with E-state index in [2.05, 4.69) is 47.6 Å². The first kappa shape index (κ1) is 16.5. The fourth-order valence-electron chi connectivity index (χ4n) is 3.32. The van der Waals surface area contributed by atoms with Crippen LogP contribution in [0.15, 0.2) is 12.4 Å². The van der Waals surface area contributed by atoms with Gasteiger partial charge in [0.2, 0.25) is 0 Å². The quantitative estimate of drug-likeness (QED) is 0.838. The van der Waals surface area contributed by atoms with Crippen LogP contribution in [-0.4, -0.2) is 46.2 Å². The summed E-state index contributed by atoms with van der Waals surface area (Å²) < 4.78 is 2.14. The smallest absolute Gasteiger partial charge is 0.109 e. The first-order valence-corrected chi connectivity index (χ1v) is 8.59. The van der Waals surface area contributed by atoms with E-state index in [0.29, 0.717) is 12.1 Å². The maximum Gasteiger partial charge on any atom is 0.109 e. The van der Waals surface area contributed by atoms with E-state index in [4.69, 9.17) is 0 Å². The van der Waals surface area contributed by atoms with Crippen LogP contribution in [0.2, 0.25) is 0 Å². The maximum absolute atomic E-state index is 4.46. The van der Waals surface area contributed by atoms with Gasteiger partial charge in [0.15, 0.2) is 0 Å². The van der Waals surface area contributed by atoms with Crippen LogP contribution in [0.4, 0.5) is 0 Å². The molecule has 0 saturated carbocycles. The Balaban J connectivity index is 1.95. The van der Waals surface area contributed by atoms with E-state index < -0.39 is 0 Å². The molecule has 1 aliphatic heterocycles. The summed E-state index contributed by atoms with van der Waals surface area (Å²) in [6.07, 6.45) is 8.80. The van der Waals surface area contributed by atoms with Crippen molar-refractivity contribution in [3.05, 3.63) is 18.2 Å². The molecule has 1 aromatic rings. The average Bonchev–Trinajstić information content (AvgIpc) is 2.91. The molecule has 2 heterocycles. The normalized spacial score (nSPS) is 25.1. The van der Waals surface area contributed by atoms with Crippen LogP contribution in [0.25, 0.3) is 0 Å². The molecule has 1 fully saturated rings. The lowest BCUT2D eigenvalue weighted by atomic mass is 9.94. The van der Waals surface area contributed by atoms with Crippen LogP contribution in [0, 0.1) is 5.92 Å². The molecule has 4 heteroatoms. The minimum absolute atomic E-state index is 0.643. The molecule has 1 N–H and O–H groups in total. The molecule has 1 aliphatic rings. The molecule has 0 bridgehead atoms. The molecule has 120 valence electrons. The average molecular weight is 292 g/mol. The van der Waals surface area contributed by atoms with Crippen molar-refractivity contribution in [3.63, 3.8) is 0 Å². The lowest BCUT2D eigenvalue weighted by molar-refractivity contribution is 0.103. The van der Waals surface area contributed by atoms with E-state index in [1.165, 1.54) is 31.6 Å².